The number of sulfonamides is 1. The van der Waals surface area contributed by atoms with Crippen molar-refractivity contribution in [2.45, 2.75) is 56.9 Å². The Kier molecular flexibility index (Phi) is 3.74. The Morgan fingerprint density at radius 3 is 2.62 bits per heavy atom. The van der Waals surface area contributed by atoms with Crippen LogP contribution in [0.25, 0.3) is 0 Å². The first-order chi connectivity index (χ1) is 9.91. The molecule has 0 radical (unpaired) electrons. The lowest BCUT2D eigenvalue weighted by Crippen LogP contribution is -2.39. The molecule has 0 bridgehead atoms. The average molecular weight is 308 g/mol. The molecule has 1 aromatic rings. The number of anilines is 1. The van der Waals surface area contributed by atoms with Crippen molar-refractivity contribution in [2.75, 3.05) is 12.3 Å². The second-order valence-electron chi connectivity index (χ2n) is 6.49. The van der Waals surface area contributed by atoms with Crippen LogP contribution >= 0.6 is 0 Å². The van der Waals surface area contributed by atoms with E-state index >= 15 is 0 Å². The number of fused-ring (bicyclic) bond motifs is 1. The molecule has 1 aliphatic heterocycles. The lowest BCUT2D eigenvalue weighted by atomic mass is 9.86. The van der Waals surface area contributed by atoms with Gasteiger partial charge in [0.1, 0.15) is 0 Å². The van der Waals surface area contributed by atoms with Crippen LogP contribution in [0.3, 0.4) is 0 Å². The Morgan fingerprint density at radius 1 is 1.14 bits per heavy atom. The van der Waals surface area contributed by atoms with Crippen LogP contribution in [-0.2, 0) is 10.0 Å². The summed E-state index contributed by atoms with van der Waals surface area (Å²) in [5.74, 6) is 0.552. The highest BCUT2D eigenvalue weighted by molar-refractivity contribution is 7.89. The van der Waals surface area contributed by atoms with Crippen molar-refractivity contribution >= 4 is 15.7 Å². The molecule has 21 heavy (non-hydrogen) atoms. The van der Waals surface area contributed by atoms with Gasteiger partial charge in [-0.15, -0.1) is 0 Å². The molecule has 1 aliphatic carbocycles. The molecule has 2 unspecified atom stereocenters. The normalized spacial score (nSPS) is 26.8. The first kappa shape index (κ1) is 14.9. The molecule has 1 saturated heterocycles. The van der Waals surface area contributed by atoms with Gasteiger partial charge in [-0.3, -0.25) is 0 Å². The average Bonchev–Trinajstić information content (AvgIpc) is 2.87. The fourth-order valence-corrected chi connectivity index (χ4v) is 5.98. The number of nitrogens with zero attached hydrogens (tertiary/aromatic N) is 1. The summed E-state index contributed by atoms with van der Waals surface area (Å²) in [6.45, 7) is 4.35. The highest BCUT2D eigenvalue weighted by Gasteiger charge is 2.42. The number of benzene rings is 1. The van der Waals surface area contributed by atoms with E-state index < -0.39 is 10.0 Å². The van der Waals surface area contributed by atoms with E-state index in [0.29, 0.717) is 28.6 Å². The van der Waals surface area contributed by atoms with Gasteiger partial charge in [-0.2, -0.15) is 4.31 Å². The fourth-order valence-electron chi connectivity index (χ4n) is 3.91. The summed E-state index contributed by atoms with van der Waals surface area (Å²) in [5.41, 5.74) is 8.11. The molecule has 1 saturated carbocycles. The number of nitrogens with two attached hydrogens (primary N) is 1. The maximum Gasteiger partial charge on any atom is 0.243 e. The Bertz CT molecular complexity index is 654. The molecule has 0 amide bonds. The molecule has 2 N–H and O–H groups in total. The second kappa shape index (κ2) is 5.29. The SMILES string of the molecule is Cc1cc(N)c(C)c(S(=O)(=O)N2CCC3CCCCC32)c1. The Morgan fingerprint density at radius 2 is 1.86 bits per heavy atom. The van der Waals surface area contributed by atoms with Gasteiger partial charge in [-0.1, -0.05) is 12.8 Å². The van der Waals surface area contributed by atoms with Crippen molar-refractivity contribution in [3.05, 3.63) is 23.3 Å². The number of rotatable bonds is 2. The standard InChI is InChI=1S/C16H24N2O2S/c1-11-9-14(17)12(2)16(10-11)21(19,20)18-8-7-13-5-3-4-6-15(13)18/h9-10,13,15H,3-8,17H2,1-2H3. The van der Waals surface area contributed by atoms with Crippen LogP contribution in [0.1, 0.15) is 43.2 Å². The van der Waals surface area contributed by atoms with E-state index in [2.05, 4.69) is 0 Å². The number of aryl methyl sites for hydroxylation is 1. The van der Waals surface area contributed by atoms with Crippen LogP contribution in [0.5, 0.6) is 0 Å². The van der Waals surface area contributed by atoms with Gasteiger partial charge in [-0.05, 0) is 62.3 Å². The third-order valence-electron chi connectivity index (χ3n) is 5.09. The topological polar surface area (TPSA) is 63.4 Å². The third kappa shape index (κ3) is 2.46. The summed E-state index contributed by atoms with van der Waals surface area (Å²) in [4.78, 5) is 0.395. The first-order valence-electron chi connectivity index (χ1n) is 7.80. The molecule has 0 aromatic heterocycles. The zero-order valence-electron chi connectivity index (χ0n) is 12.8. The predicted octanol–water partition coefficient (Wildman–Crippen LogP) is 2.84. The van der Waals surface area contributed by atoms with Gasteiger partial charge in [-0.25, -0.2) is 8.42 Å². The minimum atomic E-state index is -3.43. The molecule has 116 valence electrons. The summed E-state index contributed by atoms with van der Waals surface area (Å²) in [6.07, 6.45) is 5.56. The minimum absolute atomic E-state index is 0.199. The molecule has 2 atom stereocenters. The molecule has 5 heteroatoms. The molecule has 0 spiro atoms. The molecule has 4 nitrogen and oxygen atoms in total. The van der Waals surface area contributed by atoms with Gasteiger partial charge in [0, 0.05) is 18.3 Å². The van der Waals surface area contributed by atoms with Gasteiger partial charge >= 0.3 is 0 Å². The molecular weight excluding hydrogens is 284 g/mol. The number of hydrogen-bond donors (Lipinski definition) is 1. The molecule has 2 aliphatic rings. The van der Waals surface area contributed by atoms with Crippen molar-refractivity contribution in [2.24, 2.45) is 5.92 Å². The van der Waals surface area contributed by atoms with E-state index in [0.717, 1.165) is 24.8 Å². The Hall–Kier alpha value is -1.07. The quantitative estimate of drug-likeness (QED) is 0.855. The van der Waals surface area contributed by atoms with Crippen LogP contribution in [0, 0.1) is 19.8 Å². The van der Waals surface area contributed by atoms with Crippen LogP contribution in [0.2, 0.25) is 0 Å². The predicted molar refractivity (Wildman–Crippen MR) is 84.6 cm³/mol. The minimum Gasteiger partial charge on any atom is -0.398 e. The maximum absolute atomic E-state index is 13.1. The van der Waals surface area contributed by atoms with Gasteiger partial charge in [0.05, 0.1) is 4.90 Å². The largest absolute Gasteiger partial charge is 0.398 e. The van der Waals surface area contributed by atoms with E-state index in [4.69, 9.17) is 5.73 Å². The Balaban J connectivity index is 2.01. The zero-order chi connectivity index (χ0) is 15.2. The van der Waals surface area contributed by atoms with Crippen molar-refractivity contribution < 1.29 is 8.42 Å². The smallest absolute Gasteiger partial charge is 0.243 e. The van der Waals surface area contributed by atoms with Gasteiger partial charge in [0.15, 0.2) is 0 Å². The lowest BCUT2D eigenvalue weighted by Gasteiger charge is -2.31. The summed E-state index contributed by atoms with van der Waals surface area (Å²) in [5, 5.41) is 0. The second-order valence-corrected chi connectivity index (χ2v) is 8.35. The van der Waals surface area contributed by atoms with E-state index in [1.807, 2.05) is 13.0 Å². The molecule has 2 fully saturated rings. The summed E-state index contributed by atoms with van der Waals surface area (Å²) in [7, 11) is -3.43. The highest BCUT2D eigenvalue weighted by Crippen LogP contribution is 2.40. The van der Waals surface area contributed by atoms with E-state index in [9.17, 15) is 8.42 Å². The number of nitrogen functional groups attached to an aromatic ring is 1. The van der Waals surface area contributed by atoms with Crippen LogP contribution in [0.4, 0.5) is 5.69 Å². The summed E-state index contributed by atoms with van der Waals surface area (Å²) < 4.78 is 27.9. The van der Waals surface area contributed by atoms with Crippen molar-refractivity contribution in [1.29, 1.82) is 0 Å². The third-order valence-corrected chi connectivity index (χ3v) is 7.14. The maximum atomic E-state index is 13.1. The molecule has 1 heterocycles. The number of hydrogen-bond acceptors (Lipinski definition) is 3. The summed E-state index contributed by atoms with van der Waals surface area (Å²) in [6, 6.07) is 3.80. The van der Waals surface area contributed by atoms with Gasteiger partial charge in [0.2, 0.25) is 10.0 Å². The van der Waals surface area contributed by atoms with Crippen molar-refractivity contribution in [1.82, 2.24) is 4.31 Å². The van der Waals surface area contributed by atoms with Crippen LogP contribution in [0.15, 0.2) is 17.0 Å². The summed E-state index contributed by atoms with van der Waals surface area (Å²) >= 11 is 0. The Labute approximate surface area is 127 Å². The van der Waals surface area contributed by atoms with Gasteiger partial charge in [0.25, 0.3) is 0 Å². The molecular formula is C16H24N2O2S. The van der Waals surface area contributed by atoms with E-state index in [1.54, 1.807) is 17.3 Å². The van der Waals surface area contributed by atoms with E-state index in [1.165, 1.54) is 12.8 Å². The monoisotopic (exact) mass is 308 g/mol. The highest BCUT2D eigenvalue weighted by atomic mass is 32.2. The first-order valence-corrected chi connectivity index (χ1v) is 9.24. The van der Waals surface area contributed by atoms with Crippen molar-refractivity contribution in [3.8, 4) is 0 Å². The zero-order valence-corrected chi connectivity index (χ0v) is 13.6. The van der Waals surface area contributed by atoms with Crippen LogP contribution in [-0.4, -0.2) is 25.3 Å². The van der Waals surface area contributed by atoms with Crippen molar-refractivity contribution in [3.63, 3.8) is 0 Å². The molecule has 1 aromatic carbocycles. The van der Waals surface area contributed by atoms with Crippen LogP contribution < -0.4 is 5.73 Å². The van der Waals surface area contributed by atoms with Gasteiger partial charge < -0.3 is 5.73 Å². The fraction of sp³-hybridized carbons (Fsp3) is 0.625. The molecule has 3 rings (SSSR count). The van der Waals surface area contributed by atoms with E-state index in [-0.39, 0.29) is 6.04 Å². The lowest BCUT2D eigenvalue weighted by molar-refractivity contribution is 0.260.